The Hall–Kier alpha value is -4.64. The van der Waals surface area contributed by atoms with Crippen LogP contribution in [0.1, 0.15) is 51.9 Å². The Balaban J connectivity index is 1.67. The minimum atomic E-state index is -1.14. The Morgan fingerprint density at radius 3 is 2.78 bits per heavy atom. The topological polar surface area (TPSA) is 135 Å². The lowest BCUT2D eigenvalue weighted by atomic mass is 9.94. The molecule has 0 aliphatic carbocycles. The van der Waals surface area contributed by atoms with Gasteiger partial charge in [0.2, 0.25) is 0 Å². The molecule has 2 atom stereocenters. The van der Waals surface area contributed by atoms with Gasteiger partial charge < -0.3 is 24.4 Å². The molecule has 1 aromatic heterocycles. The van der Waals surface area contributed by atoms with Gasteiger partial charge in [-0.05, 0) is 62.2 Å². The summed E-state index contributed by atoms with van der Waals surface area (Å²) in [7, 11) is 0. The summed E-state index contributed by atoms with van der Waals surface area (Å²) >= 11 is 0.895. The maximum absolute atomic E-state index is 13.6. The van der Waals surface area contributed by atoms with E-state index in [0.29, 0.717) is 29.0 Å². The number of phenolic OH excluding ortho intramolecular Hbond substituents is 1. The third-order valence-electron chi connectivity index (χ3n) is 6.72. The van der Waals surface area contributed by atoms with Gasteiger partial charge in [-0.25, -0.2) is 9.78 Å². The number of aryl methyl sites for hydroxylation is 1. The monoisotopic (exact) mass is 576 g/mol. The maximum Gasteiger partial charge on any atom is 0.350 e. The smallest absolute Gasteiger partial charge is 0.350 e. The number of aliphatic hydroxyl groups is 1. The molecule has 1 amide bonds. The Kier molecular flexibility index (Phi) is 7.55. The minimum absolute atomic E-state index is 0.00562. The number of aliphatic hydroxyl groups excluding tert-OH is 1. The van der Waals surface area contributed by atoms with E-state index in [1.54, 1.807) is 32.0 Å². The number of amides is 1. The highest BCUT2D eigenvalue weighted by molar-refractivity contribution is 7.17. The zero-order chi connectivity index (χ0) is 29.4. The predicted octanol–water partition coefficient (Wildman–Crippen LogP) is 4.85. The van der Waals surface area contributed by atoms with Crippen LogP contribution in [0.15, 0.2) is 54.6 Å². The van der Waals surface area contributed by atoms with Gasteiger partial charge in [0.1, 0.15) is 29.1 Å². The minimum Gasteiger partial charge on any atom is -0.507 e. The second-order valence-electron chi connectivity index (χ2n) is 9.58. The summed E-state index contributed by atoms with van der Waals surface area (Å²) in [6, 6.07) is 8.38. The van der Waals surface area contributed by atoms with Gasteiger partial charge in [-0.2, -0.15) is 0 Å². The molecule has 10 nitrogen and oxygen atoms in total. The quantitative estimate of drug-likeness (QED) is 0.127. The van der Waals surface area contributed by atoms with E-state index in [1.807, 2.05) is 6.92 Å². The van der Waals surface area contributed by atoms with Gasteiger partial charge >= 0.3 is 11.9 Å². The van der Waals surface area contributed by atoms with Crippen LogP contribution in [0, 0.1) is 6.92 Å². The van der Waals surface area contributed by atoms with Crippen LogP contribution < -0.4 is 14.4 Å². The molecule has 11 heteroatoms. The number of carbonyl (C=O) groups excluding carboxylic acids is 3. The highest BCUT2D eigenvalue weighted by atomic mass is 32.1. The molecule has 2 aliphatic rings. The number of aromatic hydroxyl groups is 1. The lowest BCUT2D eigenvalue weighted by molar-refractivity contribution is -0.132. The van der Waals surface area contributed by atoms with Crippen LogP contribution in [0.3, 0.4) is 0 Å². The first kappa shape index (κ1) is 27.9. The first-order valence-electron chi connectivity index (χ1n) is 13.0. The van der Waals surface area contributed by atoms with Gasteiger partial charge in [-0.15, -0.1) is 0 Å². The van der Waals surface area contributed by atoms with Crippen molar-refractivity contribution in [2.24, 2.45) is 0 Å². The van der Waals surface area contributed by atoms with Crippen LogP contribution in [0.4, 0.5) is 5.13 Å². The number of Topliss-reactive ketones (excluding diaryl/α,β-unsaturated/α-hetero) is 1. The van der Waals surface area contributed by atoms with E-state index in [1.165, 1.54) is 24.3 Å². The summed E-state index contributed by atoms with van der Waals surface area (Å²) in [5.41, 5.74) is 1.74. The average molecular weight is 577 g/mol. The third kappa shape index (κ3) is 5.04. The zero-order valence-electron chi connectivity index (χ0n) is 22.7. The standard InChI is InChI=1S/C30H28N2O8S/c1-5-11-39-29(37)27-16(4)31-30(41-27)32-24(17-7-9-20(33)22(14-17)38-6-2)23(26(35)28(32)36)25(34)18-8-10-21-19(13-18)12-15(3)40-21/h5,7-10,13-15,24,33-34H,1,6,11-12H2,2-4H3/b25-23+. The first-order valence-corrected chi connectivity index (χ1v) is 13.8. The summed E-state index contributed by atoms with van der Waals surface area (Å²) < 4.78 is 16.5. The SMILES string of the molecule is C=CCOC(=O)c1sc(N2C(=O)C(=O)/C(=C(/O)c3ccc4c(c3)CC(C)O4)C2c2ccc(O)c(OCC)c2)nc1C. The molecule has 3 aromatic rings. The number of aromatic nitrogens is 1. The molecule has 0 radical (unpaired) electrons. The van der Waals surface area contributed by atoms with E-state index < -0.39 is 23.7 Å². The summed E-state index contributed by atoms with van der Waals surface area (Å²) in [5.74, 6) is -2.16. The van der Waals surface area contributed by atoms with Crippen molar-refractivity contribution in [2.75, 3.05) is 18.1 Å². The molecule has 0 bridgehead atoms. The normalized spacial score (nSPS) is 19.1. The fraction of sp³-hybridized carbons (Fsp3) is 0.267. The van der Waals surface area contributed by atoms with Crippen LogP contribution in [0.25, 0.3) is 5.76 Å². The number of thiazole rings is 1. The average Bonchev–Trinajstić information content (AvgIpc) is 3.60. The summed E-state index contributed by atoms with van der Waals surface area (Å²) in [4.78, 5) is 45.5. The second kappa shape index (κ2) is 11.1. The molecule has 0 spiro atoms. The molecule has 41 heavy (non-hydrogen) atoms. The van der Waals surface area contributed by atoms with Crippen molar-refractivity contribution in [1.82, 2.24) is 4.98 Å². The number of ether oxygens (including phenoxy) is 3. The van der Waals surface area contributed by atoms with Gasteiger partial charge in [-0.3, -0.25) is 14.5 Å². The number of anilines is 1. The lowest BCUT2D eigenvalue weighted by Crippen LogP contribution is -2.29. The van der Waals surface area contributed by atoms with E-state index in [9.17, 15) is 24.6 Å². The Bertz CT molecular complexity index is 1610. The molecule has 2 N–H and O–H groups in total. The van der Waals surface area contributed by atoms with E-state index >= 15 is 0 Å². The number of rotatable bonds is 8. The molecule has 2 unspecified atom stereocenters. The molecule has 1 saturated heterocycles. The van der Waals surface area contributed by atoms with Crippen LogP contribution in [0.5, 0.6) is 17.2 Å². The Morgan fingerprint density at radius 1 is 1.27 bits per heavy atom. The molecule has 3 heterocycles. The molecule has 0 saturated carbocycles. The number of ketones is 1. The first-order chi connectivity index (χ1) is 19.6. The number of fused-ring (bicyclic) bond motifs is 1. The van der Waals surface area contributed by atoms with E-state index in [0.717, 1.165) is 21.8 Å². The van der Waals surface area contributed by atoms with Crippen LogP contribution in [-0.4, -0.2) is 52.2 Å². The maximum atomic E-state index is 13.6. The van der Waals surface area contributed by atoms with E-state index in [4.69, 9.17) is 14.2 Å². The van der Waals surface area contributed by atoms with Crippen molar-refractivity contribution >= 4 is 39.9 Å². The Labute approximate surface area is 240 Å². The van der Waals surface area contributed by atoms with Gasteiger partial charge in [-0.1, -0.05) is 30.1 Å². The number of hydrogen-bond acceptors (Lipinski definition) is 10. The molecule has 2 aliphatic heterocycles. The number of esters is 1. The number of hydrogen-bond donors (Lipinski definition) is 2. The highest BCUT2D eigenvalue weighted by Gasteiger charge is 2.48. The molecule has 5 rings (SSSR count). The largest absolute Gasteiger partial charge is 0.507 e. The summed E-state index contributed by atoms with van der Waals surface area (Å²) in [6.07, 6.45) is 2.04. The van der Waals surface area contributed by atoms with Crippen LogP contribution in [-0.2, 0) is 20.7 Å². The second-order valence-corrected chi connectivity index (χ2v) is 10.6. The van der Waals surface area contributed by atoms with Gasteiger partial charge in [0.15, 0.2) is 16.6 Å². The highest BCUT2D eigenvalue weighted by Crippen LogP contribution is 2.46. The lowest BCUT2D eigenvalue weighted by Gasteiger charge is -2.23. The number of nitrogens with zero attached hydrogens (tertiary/aromatic N) is 2. The number of benzene rings is 2. The van der Waals surface area contributed by atoms with E-state index in [2.05, 4.69) is 11.6 Å². The van der Waals surface area contributed by atoms with Crippen LogP contribution in [0.2, 0.25) is 0 Å². The van der Waals surface area contributed by atoms with Crippen molar-refractivity contribution in [3.63, 3.8) is 0 Å². The van der Waals surface area contributed by atoms with Gasteiger partial charge in [0.25, 0.3) is 5.78 Å². The van der Waals surface area contributed by atoms with Crippen molar-refractivity contribution in [3.05, 3.63) is 81.9 Å². The summed E-state index contributed by atoms with van der Waals surface area (Å²) in [5, 5.41) is 21.9. The van der Waals surface area contributed by atoms with Crippen molar-refractivity contribution in [3.8, 4) is 17.2 Å². The molecular formula is C30H28N2O8S. The fourth-order valence-corrected chi connectivity index (χ4v) is 5.90. The van der Waals surface area contributed by atoms with Crippen molar-refractivity contribution in [2.45, 2.75) is 39.3 Å². The predicted molar refractivity (Wildman–Crippen MR) is 152 cm³/mol. The van der Waals surface area contributed by atoms with Crippen molar-refractivity contribution in [1.29, 1.82) is 0 Å². The Morgan fingerprint density at radius 2 is 2.05 bits per heavy atom. The number of phenols is 1. The third-order valence-corrected chi connectivity index (χ3v) is 7.86. The molecule has 1 fully saturated rings. The van der Waals surface area contributed by atoms with Crippen molar-refractivity contribution < 1.29 is 38.8 Å². The van der Waals surface area contributed by atoms with Gasteiger partial charge in [0, 0.05) is 12.0 Å². The van der Waals surface area contributed by atoms with Gasteiger partial charge in [0.05, 0.1) is 23.9 Å². The zero-order valence-corrected chi connectivity index (χ0v) is 23.5. The van der Waals surface area contributed by atoms with E-state index in [-0.39, 0.29) is 52.2 Å². The molecule has 2 aromatic carbocycles. The molecular weight excluding hydrogens is 548 g/mol. The summed E-state index contributed by atoms with van der Waals surface area (Å²) in [6.45, 7) is 9.07. The number of carbonyl (C=O) groups is 3. The van der Waals surface area contributed by atoms with Crippen LogP contribution >= 0.6 is 11.3 Å². The fourth-order valence-electron chi connectivity index (χ4n) is 4.92. The molecule has 212 valence electrons.